The normalized spacial score (nSPS) is 10.6. The Morgan fingerprint density at radius 1 is 1.30 bits per heavy atom. The van der Waals surface area contributed by atoms with Gasteiger partial charge in [0.05, 0.1) is 7.05 Å². The van der Waals surface area contributed by atoms with Gasteiger partial charge >= 0.3 is 6.03 Å². The first-order valence-corrected chi connectivity index (χ1v) is 6.42. The molecular formula is C13H18N6O. The summed E-state index contributed by atoms with van der Waals surface area (Å²) in [5.41, 5.74) is 2.32. The molecule has 1 aromatic heterocycles. The van der Waals surface area contributed by atoms with E-state index in [0.29, 0.717) is 12.5 Å². The van der Waals surface area contributed by atoms with Crippen molar-refractivity contribution in [3.63, 3.8) is 0 Å². The van der Waals surface area contributed by atoms with Gasteiger partial charge in [-0.05, 0) is 22.3 Å². The number of amides is 2. The van der Waals surface area contributed by atoms with Crippen LogP contribution < -0.4 is 10.6 Å². The summed E-state index contributed by atoms with van der Waals surface area (Å²) in [5, 5.41) is 16.4. The standard InChI is InChI=1S/C13H18N6O/c1-9(2)11-6-4-10(5-7-11)8-14-13(20)15-12-16-18-19(3)17-12/h4-7,9H,8H2,1-3H3,(H2,14,15,17,20). The maximum absolute atomic E-state index is 11.6. The predicted octanol–water partition coefficient (Wildman–Crippen LogP) is 1.66. The van der Waals surface area contributed by atoms with Crippen molar-refractivity contribution in [3.05, 3.63) is 35.4 Å². The van der Waals surface area contributed by atoms with Gasteiger partial charge in [-0.2, -0.15) is 4.80 Å². The van der Waals surface area contributed by atoms with Gasteiger partial charge in [-0.15, -0.1) is 5.10 Å². The molecule has 2 amide bonds. The minimum atomic E-state index is -0.356. The Morgan fingerprint density at radius 3 is 2.55 bits per heavy atom. The lowest BCUT2D eigenvalue weighted by molar-refractivity contribution is 0.251. The molecule has 1 aromatic carbocycles. The molecule has 0 aliphatic carbocycles. The number of aromatic nitrogens is 4. The van der Waals surface area contributed by atoms with E-state index < -0.39 is 0 Å². The van der Waals surface area contributed by atoms with Gasteiger partial charge in [0.1, 0.15) is 0 Å². The highest BCUT2D eigenvalue weighted by Crippen LogP contribution is 2.14. The zero-order chi connectivity index (χ0) is 14.5. The maximum atomic E-state index is 11.6. The summed E-state index contributed by atoms with van der Waals surface area (Å²) in [6, 6.07) is 7.81. The van der Waals surface area contributed by atoms with Gasteiger partial charge in [-0.1, -0.05) is 43.2 Å². The number of anilines is 1. The molecule has 2 N–H and O–H groups in total. The molecule has 0 aliphatic rings. The lowest BCUT2D eigenvalue weighted by atomic mass is 10.0. The molecule has 0 saturated heterocycles. The number of rotatable bonds is 4. The lowest BCUT2D eigenvalue weighted by Crippen LogP contribution is -2.28. The fourth-order valence-electron chi connectivity index (χ4n) is 1.68. The topological polar surface area (TPSA) is 84.7 Å². The van der Waals surface area contributed by atoms with Crippen molar-refractivity contribution in [2.75, 3.05) is 5.32 Å². The van der Waals surface area contributed by atoms with Crippen LogP contribution in [0, 0.1) is 0 Å². The third kappa shape index (κ3) is 3.78. The van der Waals surface area contributed by atoms with Crippen molar-refractivity contribution < 1.29 is 4.79 Å². The molecule has 2 aromatic rings. The minimum absolute atomic E-state index is 0.181. The molecule has 0 spiro atoms. The molecule has 0 atom stereocenters. The van der Waals surface area contributed by atoms with Crippen LogP contribution >= 0.6 is 0 Å². The number of urea groups is 1. The van der Waals surface area contributed by atoms with Gasteiger partial charge in [0.25, 0.3) is 5.95 Å². The molecule has 0 unspecified atom stereocenters. The monoisotopic (exact) mass is 274 g/mol. The molecule has 0 bridgehead atoms. The zero-order valence-corrected chi connectivity index (χ0v) is 11.8. The van der Waals surface area contributed by atoms with Gasteiger partial charge in [0.2, 0.25) is 0 Å². The van der Waals surface area contributed by atoms with E-state index in [1.807, 2.05) is 12.1 Å². The Labute approximate surface area is 117 Å². The number of carbonyl (C=O) groups is 1. The zero-order valence-electron chi connectivity index (χ0n) is 11.8. The third-order valence-corrected chi connectivity index (χ3v) is 2.83. The van der Waals surface area contributed by atoms with E-state index in [1.165, 1.54) is 10.4 Å². The van der Waals surface area contributed by atoms with Crippen molar-refractivity contribution in [2.45, 2.75) is 26.3 Å². The molecule has 106 valence electrons. The number of nitrogens with zero attached hydrogens (tertiary/aromatic N) is 4. The number of benzene rings is 1. The first kappa shape index (κ1) is 14.0. The molecule has 20 heavy (non-hydrogen) atoms. The summed E-state index contributed by atoms with van der Waals surface area (Å²) in [6.45, 7) is 4.74. The van der Waals surface area contributed by atoms with Crippen LogP contribution in [-0.4, -0.2) is 26.2 Å². The molecule has 0 saturated carbocycles. The van der Waals surface area contributed by atoms with Crippen molar-refractivity contribution in [2.24, 2.45) is 7.05 Å². The predicted molar refractivity (Wildman–Crippen MR) is 75.2 cm³/mol. The third-order valence-electron chi connectivity index (χ3n) is 2.83. The van der Waals surface area contributed by atoms with Crippen molar-refractivity contribution in [1.82, 2.24) is 25.5 Å². The van der Waals surface area contributed by atoms with E-state index in [0.717, 1.165) is 5.56 Å². The summed E-state index contributed by atoms with van der Waals surface area (Å²) in [7, 11) is 1.63. The number of hydrogen-bond acceptors (Lipinski definition) is 4. The molecule has 0 aliphatic heterocycles. The number of carbonyl (C=O) groups excluding carboxylic acids is 1. The molecular weight excluding hydrogens is 256 g/mol. The Kier molecular flexibility index (Phi) is 4.29. The van der Waals surface area contributed by atoms with Gasteiger partial charge in [0, 0.05) is 6.54 Å². The summed E-state index contributed by atoms with van der Waals surface area (Å²) >= 11 is 0. The Morgan fingerprint density at radius 2 is 2.00 bits per heavy atom. The summed E-state index contributed by atoms with van der Waals surface area (Å²) in [5.74, 6) is 0.684. The van der Waals surface area contributed by atoms with Crippen LogP contribution in [0.3, 0.4) is 0 Å². The average Bonchev–Trinajstić information content (AvgIpc) is 2.82. The van der Waals surface area contributed by atoms with Crippen LogP contribution in [0.4, 0.5) is 10.7 Å². The quantitative estimate of drug-likeness (QED) is 0.888. The second-order valence-electron chi connectivity index (χ2n) is 4.81. The van der Waals surface area contributed by atoms with E-state index in [4.69, 9.17) is 0 Å². The summed E-state index contributed by atoms with van der Waals surface area (Å²) < 4.78 is 0. The van der Waals surface area contributed by atoms with Gasteiger partial charge in [0.15, 0.2) is 0 Å². The Balaban J connectivity index is 1.83. The first-order valence-electron chi connectivity index (χ1n) is 6.42. The Bertz CT molecular complexity index is 575. The average molecular weight is 274 g/mol. The van der Waals surface area contributed by atoms with Crippen LogP contribution in [0.1, 0.15) is 30.9 Å². The van der Waals surface area contributed by atoms with Gasteiger partial charge in [-0.3, -0.25) is 5.32 Å². The van der Waals surface area contributed by atoms with E-state index in [2.05, 4.69) is 52.0 Å². The fraction of sp³-hybridized carbons (Fsp3) is 0.385. The number of aryl methyl sites for hydroxylation is 1. The second kappa shape index (κ2) is 6.14. The van der Waals surface area contributed by atoms with Crippen LogP contribution in [0.15, 0.2) is 24.3 Å². The van der Waals surface area contributed by atoms with Gasteiger partial charge in [-0.25, -0.2) is 4.79 Å². The lowest BCUT2D eigenvalue weighted by Gasteiger charge is -2.08. The smallest absolute Gasteiger partial charge is 0.321 e. The second-order valence-corrected chi connectivity index (χ2v) is 4.81. The number of tetrazole rings is 1. The van der Waals surface area contributed by atoms with E-state index in [1.54, 1.807) is 7.05 Å². The SMILES string of the molecule is CC(C)c1ccc(CNC(=O)Nc2nnn(C)n2)cc1. The molecule has 0 fully saturated rings. The van der Waals surface area contributed by atoms with Crippen molar-refractivity contribution in [1.29, 1.82) is 0 Å². The summed E-state index contributed by atoms with van der Waals surface area (Å²) in [6.07, 6.45) is 0. The maximum Gasteiger partial charge on any atom is 0.321 e. The van der Waals surface area contributed by atoms with Crippen molar-refractivity contribution in [3.8, 4) is 0 Å². The summed E-state index contributed by atoms with van der Waals surface area (Å²) in [4.78, 5) is 12.9. The highest BCUT2D eigenvalue weighted by Gasteiger charge is 2.06. The van der Waals surface area contributed by atoms with Crippen LogP contribution in [0.25, 0.3) is 0 Å². The van der Waals surface area contributed by atoms with E-state index in [-0.39, 0.29) is 12.0 Å². The molecule has 1 heterocycles. The Hall–Kier alpha value is -2.44. The van der Waals surface area contributed by atoms with E-state index in [9.17, 15) is 4.79 Å². The van der Waals surface area contributed by atoms with Crippen LogP contribution in [0.5, 0.6) is 0 Å². The first-order chi connectivity index (χ1) is 9.54. The highest BCUT2D eigenvalue weighted by atomic mass is 16.2. The van der Waals surface area contributed by atoms with E-state index >= 15 is 0 Å². The highest BCUT2D eigenvalue weighted by molar-refractivity contribution is 5.87. The van der Waals surface area contributed by atoms with Gasteiger partial charge < -0.3 is 5.32 Å². The fourth-order valence-corrected chi connectivity index (χ4v) is 1.68. The van der Waals surface area contributed by atoms with Crippen LogP contribution in [-0.2, 0) is 13.6 Å². The molecule has 7 heteroatoms. The largest absolute Gasteiger partial charge is 0.334 e. The molecule has 7 nitrogen and oxygen atoms in total. The number of nitrogens with one attached hydrogen (secondary N) is 2. The molecule has 0 radical (unpaired) electrons. The molecule has 2 rings (SSSR count). The number of hydrogen-bond donors (Lipinski definition) is 2. The minimum Gasteiger partial charge on any atom is -0.334 e. The van der Waals surface area contributed by atoms with Crippen LogP contribution in [0.2, 0.25) is 0 Å². The van der Waals surface area contributed by atoms with Crippen molar-refractivity contribution >= 4 is 12.0 Å².